The molecule has 0 aliphatic rings. The van der Waals surface area contributed by atoms with E-state index in [0.29, 0.717) is 0 Å². The lowest BCUT2D eigenvalue weighted by atomic mass is 10.4. The summed E-state index contributed by atoms with van der Waals surface area (Å²) in [5, 5.41) is 11.3. The van der Waals surface area contributed by atoms with Gasteiger partial charge in [0, 0.05) is 0 Å². The van der Waals surface area contributed by atoms with Crippen LogP contribution in [-0.2, 0) is 0 Å². The summed E-state index contributed by atoms with van der Waals surface area (Å²) in [5.74, 6) is 0. The number of carboxylic acid groups (broad SMARTS) is 1. The van der Waals surface area contributed by atoms with E-state index in [4.69, 9.17) is 0 Å². The second kappa shape index (κ2) is 5.12. The highest BCUT2D eigenvalue weighted by Crippen LogP contribution is 1.87. The summed E-state index contributed by atoms with van der Waals surface area (Å²) in [5.41, 5.74) is 0. The molecule has 0 aliphatic heterocycles. The molecule has 2 nitrogen and oxygen atoms in total. The molecule has 0 saturated carbocycles. The summed E-state index contributed by atoms with van der Waals surface area (Å²) in [4.78, 5) is 11.3. The van der Waals surface area contributed by atoms with Crippen molar-refractivity contribution in [2.75, 3.05) is 0 Å². The number of carbonyl (C=O) groups excluding carboxylic acids is 1. The third-order valence-electron chi connectivity index (χ3n) is 2.06. The maximum atomic E-state index is 11.3. The zero-order chi connectivity index (χ0) is 11.4. The Bertz CT molecular complexity index is 428. The molecule has 1 radical (unpaired) electrons. The Hall–Kier alpha value is -1.36. The molecule has 0 amide bonds. The third-order valence-corrected chi connectivity index (χ3v) is 6.87. The van der Waals surface area contributed by atoms with Crippen LogP contribution in [0.3, 0.4) is 0 Å². The van der Waals surface area contributed by atoms with Gasteiger partial charge in [-0.25, -0.2) is 0 Å². The standard InChI is InChI=1S/C13H11IO2/c15-13(16)14(11-7-3-1-4-8-11)12-9-5-2-6-10-12/h1-10H,(H,15,16)/q+1/p-1. The highest BCUT2D eigenvalue weighted by molar-refractivity contribution is 5.52. The van der Waals surface area contributed by atoms with E-state index in [0.717, 1.165) is 7.14 Å². The van der Waals surface area contributed by atoms with Crippen LogP contribution >= 0.6 is 0 Å². The minimum Gasteiger partial charge on any atom is -0.508 e. The summed E-state index contributed by atoms with van der Waals surface area (Å²) in [6.45, 7) is 0. The lowest BCUT2D eigenvalue weighted by molar-refractivity contribution is -0.801. The van der Waals surface area contributed by atoms with E-state index in [1.54, 1.807) is 0 Å². The number of halogens is 1. The lowest BCUT2D eigenvalue weighted by Crippen LogP contribution is -3.88. The van der Waals surface area contributed by atoms with Crippen LogP contribution in [0.25, 0.3) is 0 Å². The molecule has 0 unspecified atom stereocenters. The van der Waals surface area contributed by atoms with E-state index >= 15 is 0 Å². The molecule has 0 saturated heterocycles. The highest BCUT2D eigenvalue weighted by atomic mass is 127. The molecule has 3 heteroatoms. The van der Waals surface area contributed by atoms with Gasteiger partial charge in [0.2, 0.25) is 0 Å². The number of hydrogen-bond donors (Lipinski definition) is 0. The van der Waals surface area contributed by atoms with Crippen molar-refractivity contribution in [1.82, 2.24) is 0 Å². The molecule has 0 spiro atoms. The van der Waals surface area contributed by atoms with E-state index in [1.165, 1.54) is 0 Å². The molecule has 0 heterocycles. The van der Waals surface area contributed by atoms with Gasteiger partial charge in [-0.3, -0.25) is 0 Å². The average molecular weight is 325 g/mol. The van der Waals surface area contributed by atoms with Crippen LogP contribution in [0.5, 0.6) is 0 Å². The van der Waals surface area contributed by atoms with Crippen LogP contribution in [0.2, 0.25) is 0 Å². The largest absolute Gasteiger partial charge is 0.508 e. The molecular formula is C13H10IO2. The maximum absolute atomic E-state index is 11.3. The van der Waals surface area contributed by atoms with Crippen molar-refractivity contribution in [1.29, 1.82) is 0 Å². The SMILES string of the molecule is O=C([O-])[I+](c1ccccc1)c1ccccc1. The molecule has 0 bridgehead atoms. The molecule has 0 N–H and O–H groups in total. The zero-order valence-corrected chi connectivity index (χ0v) is 10.6. The Morgan fingerprint density at radius 1 is 0.812 bits per heavy atom. The molecular weight excluding hydrogens is 315 g/mol. The molecule has 0 aliphatic carbocycles. The van der Waals surface area contributed by atoms with Crippen molar-refractivity contribution in [2.45, 2.75) is 0 Å². The van der Waals surface area contributed by atoms with Gasteiger partial charge in [-0.05, 0) is 24.3 Å². The van der Waals surface area contributed by atoms with E-state index < -0.39 is 23.8 Å². The van der Waals surface area contributed by atoms with Gasteiger partial charge in [0.1, 0.15) is 0 Å². The van der Waals surface area contributed by atoms with Gasteiger partial charge in [0.25, 0.3) is 3.98 Å². The Labute approximate surface area is 101 Å². The molecule has 81 valence electrons. The molecule has 2 aromatic carbocycles. The Morgan fingerprint density at radius 2 is 1.19 bits per heavy atom. The monoisotopic (exact) mass is 325 g/mol. The molecule has 0 fully saturated rings. The second-order valence-corrected chi connectivity index (χ2v) is 8.10. The van der Waals surface area contributed by atoms with Crippen molar-refractivity contribution in [2.24, 2.45) is 0 Å². The summed E-state index contributed by atoms with van der Waals surface area (Å²) >= 11 is -2.41. The summed E-state index contributed by atoms with van der Waals surface area (Å²) in [6, 6.07) is 18.7. The first-order valence-corrected chi connectivity index (χ1v) is 8.03. The first kappa shape index (κ1) is 11.1. The fourth-order valence-electron chi connectivity index (χ4n) is 1.39. The van der Waals surface area contributed by atoms with E-state index in [9.17, 15) is 9.90 Å². The highest BCUT2D eigenvalue weighted by Gasteiger charge is 2.28. The van der Waals surface area contributed by atoms with Crippen molar-refractivity contribution < 1.29 is 29.7 Å². The zero-order valence-electron chi connectivity index (χ0n) is 8.47. The van der Waals surface area contributed by atoms with Crippen molar-refractivity contribution >= 4 is 3.98 Å². The fraction of sp³-hybridized carbons (Fsp3) is 0. The molecule has 2 rings (SSSR count). The summed E-state index contributed by atoms with van der Waals surface area (Å²) < 4.78 is 0.886. The number of hydrogen-bond acceptors (Lipinski definition) is 2. The van der Waals surface area contributed by atoms with E-state index in [-0.39, 0.29) is 0 Å². The molecule has 0 aromatic heterocycles. The average Bonchev–Trinajstić information content (AvgIpc) is 2.31. The second-order valence-electron chi connectivity index (χ2n) is 3.11. The van der Waals surface area contributed by atoms with E-state index in [2.05, 4.69) is 0 Å². The van der Waals surface area contributed by atoms with Gasteiger partial charge < -0.3 is 9.90 Å². The van der Waals surface area contributed by atoms with Crippen molar-refractivity contribution in [3.8, 4) is 0 Å². The van der Waals surface area contributed by atoms with Gasteiger partial charge in [0.05, 0.1) is 0 Å². The topological polar surface area (TPSA) is 40.1 Å². The quantitative estimate of drug-likeness (QED) is 0.520. The van der Waals surface area contributed by atoms with Crippen molar-refractivity contribution in [3.05, 3.63) is 67.8 Å². The smallest absolute Gasteiger partial charge is 0.270 e. The van der Waals surface area contributed by atoms with Crippen molar-refractivity contribution in [3.63, 3.8) is 0 Å². The number of benzene rings is 2. The summed E-state index contributed by atoms with van der Waals surface area (Å²) in [6.07, 6.45) is 0. The Kier molecular flexibility index (Phi) is 3.56. The Balaban J connectivity index is 2.44. The van der Waals surface area contributed by atoms with Gasteiger partial charge in [-0.2, -0.15) is 0 Å². The van der Waals surface area contributed by atoms with Crippen LogP contribution in [0.4, 0.5) is 4.79 Å². The minimum absolute atomic E-state index is 0.901. The van der Waals surface area contributed by atoms with Crippen LogP contribution < -0.4 is 24.9 Å². The lowest BCUT2D eigenvalue weighted by Gasteiger charge is -2.05. The maximum Gasteiger partial charge on any atom is 0.270 e. The Morgan fingerprint density at radius 3 is 1.50 bits per heavy atom. The predicted molar refractivity (Wildman–Crippen MR) is 55.7 cm³/mol. The minimum atomic E-state index is -2.41. The fourth-order valence-corrected chi connectivity index (χ4v) is 5.39. The first-order chi connectivity index (χ1) is 7.79. The van der Waals surface area contributed by atoms with Gasteiger partial charge in [-0.1, -0.05) is 36.4 Å². The molecule has 0 atom stereocenters. The van der Waals surface area contributed by atoms with Gasteiger partial charge >= 0.3 is 0 Å². The normalized spacial score (nSPS) is 10.3. The van der Waals surface area contributed by atoms with Crippen LogP contribution in [0.1, 0.15) is 0 Å². The molecule has 2 aromatic rings. The molecule has 16 heavy (non-hydrogen) atoms. The summed E-state index contributed by atoms with van der Waals surface area (Å²) in [7, 11) is 0. The predicted octanol–water partition coefficient (Wildman–Crippen LogP) is -1.31. The third kappa shape index (κ3) is 2.41. The van der Waals surface area contributed by atoms with Crippen LogP contribution in [-0.4, -0.2) is 3.98 Å². The van der Waals surface area contributed by atoms with Crippen LogP contribution in [0, 0.1) is 7.14 Å². The van der Waals surface area contributed by atoms with Gasteiger partial charge in [0.15, 0.2) is 27.0 Å². The first-order valence-electron chi connectivity index (χ1n) is 4.80. The number of carbonyl (C=O) groups is 1. The van der Waals surface area contributed by atoms with E-state index in [1.807, 2.05) is 60.7 Å². The van der Waals surface area contributed by atoms with Gasteiger partial charge in [-0.15, -0.1) is 0 Å². The van der Waals surface area contributed by atoms with Crippen LogP contribution in [0.15, 0.2) is 60.7 Å². The number of rotatable bonds is 3.